The lowest BCUT2D eigenvalue weighted by Crippen LogP contribution is -2.50. The van der Waals surface area contributed by atoms with E-state index in [1.54, 1.807) is 25.4 Å². The van der Waals surface area contributed by atoms with Gasteiger partial charge in [0, 0.05) is 55.8 Å². The van der Waals surface area contributed by atoms with Crippen molar-refractivity contribution < 1.29 is 9.18 Å². The monoisotopic (exact) mass is 461 g/mol. The van der Waals surface area contributed by atoms with Crippen LogP contribution in [0.15, 0.2) is 47.4 Å². The van der Waals surface area contributed by atoms with Gasteiger partial charge in [0.2, 0.25) is 0 Å². The fourth-order valence-corrected chi connectivity index (χ4v) is 6.17. The van der Waals surface area contributed by atoms with E-state index >= 15 is 0 Å². The average molecular weight is 462 g/mol. The number of hydrogen-bond donors (Lipinski definition) is 2. The molecule has 8 heteroatoms. The molecule has 1 aliphatic heterocycles. The van der Waals surface area contributed by atoms with Gasteiger partial charge in [0.05, 0.1) is 11.9 Å². The number of rotatable bonds is 4. The summed E-state index contributed by atoms with van der Waals surface area (Å²) >= 11 is 0. The van der Waals surface area contributed by atoms with Crippen LogP contribution in [0.25, 0.3) is 10.8 Å². The number of carbonyl (C=O) groups is 1. The van der Waals surface area contributed by atoms with Gasteiger partial charge in [-0.1, -0.05) is 6.07 Å². The lowest BCUT2D eigenvalue weighted by Gasteiger charge is -2.39. The summed E-state index contributed by atoms with van der Waals surface area (Å²) in [4.78, 5) is 36.6. The molecule has 1 saturated heterocycles. The van der Waals surface area contributed by atoms with E-state index < -0.39 is 0 Å². The number of aromatic nitrogens is 2. The third-order valence-corrected chi connectivity index (χ3v) is 8.14. The summed E-state index contributed by atoms with van der Waals surface area (Å²) < 4.78 is 13.6. The Bertz CT molecular complexity index is 1320. The topological polar surface area (TPSA) is 81.3 Å². The van der Waals surface area contributed by atoms with Gasteiger partial charge < -0.3 is 15.2 Å². The van der Waals surface area contributed by atoms with Gasteiger partial charge in [0.25, 0.3) is 11.5 Å². The Kier molecular flexibility index (Phi) is 4.95. The van der Waals surface area contributed by atoms with Crippen molar-refractivity contribution in [1.29, 1.82) is 0 Å². The van der Waals surface area contributed by atoms with Crippen molar-refractivity contribution in [2.75, 3.05) is 38.1 Å². The van der Waals surface area contributed by atoms with Crippen molar-refractivity contribution in [1.82, 2.24) is 20.2 Å². The molecule has 3 aromatic rings. The van der Waals surface area contributed by atoms with E-state index in [2.05, 4.69) is 31.2 Å². The van der Waals surface area contributed by atoms with Crippen LogP contribution in [0.1, 0.15) is 35.4 Å². The summed E-state index contributed by atoms with van der Waals surface area (Å²) in [6.07, 6.45) is 5.12. The SMILES string of the molecule is CNC(=O)c1ccc(N2CCN([C@@H]3C[C@H]4C[C@@]4(c4cc5ccc(F)cc5c(=O)[nH]4)C3)CC2)cn1. The molecule has 0 radical (unpaired) electrons. The number of anilines is 1. The van der Waals surface area contributed by atoms with E-state index in [0.29, 0.717) is 23.0 Å². The van der Waals surface area contributed by atoms with Crippen LogP contribution in [0.2, 0.25) is 0 Å². The molecule has 0 spiro atoms. The summed E-state index contributed by atoms with van der Waals surface area (Å²) in [6, 6.07) is 10.8. The number of pyridine rings is 2. The second-order valence-electron chi connectivity index (χ2n) is 9.90. The molecule has 6 rings (SSSR count). The fourth-order valence-electron chi connectivity index (χ4n) is 6.17. The Hall–Kier alpha value is -3.26. The largest absolute Gasteiger partial charge is 0.368 e. The molecule has 3 heterocycles. The third kappa shape index (κ3) is 3.48. The van der Waals surface area contributed by atoms with Crippen LogP contribution >= 0.6 is 0 Å². The van der Waals surface area contributed by atoms with Crippen LogP contribution in [0, 0.1) is 11.7 Å². The van der Waals surface area contributed by atoms with Gasteiger partial charge in [-0.25, -0.2) is 9.37 Å². The van der Waals surface area contributed by atoms with Crippen LogP contribution in [-0.4, -0.2) is 60.0 Å². The first kappa shape index (κ1) is 21.3. The maximum Gasteiger partial charge on any atom is 0.269 e. The van der Waals surface area contributed by atoms with E-state index in [9.17, 15) is 14.0 Å². The minimum atomic E-state index is -0.383. The molecule has 34 heavy (non-hydrogen) atoms. The Morgan fingerprint density at radius 1 is 1.15 bits per heavy atom. The molecule has 2 saturated carbocycles. The Labute approximate surface area is 197 Å². The zero-order valence-electron chi connectivity index (χ0n) is 19.2. The second-order valence-corrected chi connectivity index (χ2v) is 9.90. The van der Waals surface area contributed by atoms with Crippen LogP contribution in [0.4, 0.5) is 10.1 Å². The zero-order chi connectivity index (χ0) is 23.4. The molecule has 2 N–H and O–H groups in total. The van der Waals surface area contributed by atoms with Gasteiger partial charge in [-0.05, 0) is 60.9 Å². The quantitative estimate of drug-likeness (QED) is 0.625. The maximum atomic E-state index is 13.6. The van der Waals surface area contributed by atoms with Crippen molar-refractivity contribution >= 4 is 22.4 Å². The van der Waals surface area contributed by atoms with Gasteiger partial charge in [-0.3, -0.25) is 14.5 Å². The lowest BCUT2D eigenvalue weighted by molar-refractivity contribution is 0.0958. The standard InChI is InChI=1S/C26H28FN5O2/c1-28-25(34)22-5-4-19(15-29-22)31-6-8-32(9-7-31)20-11-17-13-26(17,14-20)23-10-16-2-3-18(27)12-21(16)24(33)30-23/h2-5,10,12,15,17,20H,6-9,11,13-14H2,1H3,(H,28,34)(H,30,33)/t17-,20+,26+/m0/s1. The number of benzene rings is 1. The second kappa shape index (κ2) is 7.91. The van der Waals surface area contributed by atoms with Crippen molar-refractivity contribution in [3.8, 4) is 0 Å². The first-order chi connectivity index (χ1) is 16.5. The molecule has 1 amide bonds. The molecule has 2 aromatic heterocycles. The number of H-pyrrole nitrogens is 1. The van der Waals surface area contributed by atoms with Gasteiger partial charge in [-0.15, -0.1) is 0 Å². The number of fused-ring (bicyclic) bond motifs is 2. The molecule has 3 atom stereocenters. The van der Waals surface area contributed by atoms with E-state index in [-0.39, 0.29) is 22.7 Å². The highest BCUT2D eigenvalue weighted by Crippen LogP contribution is 2.64. The number of hydrogen-bond acceptors (Lipinski definition) is 5. The summed E-state index contributed by atoms with van der Waals surface area (Å²) in [6.45, 7) is 3.82. The number of piperazine rings is 1. The van der Waals surface area contributed by atoms with Gasteiger partial charge >= 0.3 is 0 Å². The molecule has 7 nitrogen and oxygen atoms in total. The van der Waals surface area contributed by atoms with Gasteiger partial charge in [0.1, 0.15) is 11.5 Å². The Morgan fingerprint density at radius 2 is 1.97 bits per heavy atom. The predicted octanol–water partition coefficient (Wildman–Crippen LogP) is 2.66. The van der Waals surface area contributed by atoms with Gasteiger partial charge in [-0.2, -0.15) is 0 Å². The maximum absolute atomic E-state index is 13.6. The van der Waals surface area contributed by atoms with Crippen molar-refractivity contribution in [3.63, 3.8) is 0 Å². The molecule has 3 fully saturated rings. The first-order valence-corrected chi connectivity index (χ1v) is 12.0. The summed E-state index contributed by atoms with van der Waals surface area (Å²) in [7, 11) is 1.60. The zero-order valence-corrected chi connectivity index (χ0v) is 19.2. The van der Waals surface area contributed by atoms with Gasteiger partial charge in [0.15, 0.2) is 0 Å². The van der Waals surface area contributed by atoms with Crippen LogP contribution in [0.5, 0.6) is 0 Å². The number of carbonyl (C=O) groups excluding carboxylic acids is 1. The molecule has 0 unspecified atom stereocenters. The number of amides is 1. The minimum absolute atomic E-state index is 0.0587. The van der Waals surface area contributed by atoms with E-state index in [1.165, 1.54) is 12.1 Å². The van der Waals surface area contributed by atoms with Crippen LogP contribution in [-0.2, 0) is 5.41 Å². The Morgan fingerprint density at radius 3 is 2.71 bits per heavy atom. The molecule has 176 valence electrons. The molecule has 0 bridgehead atoms. The highest BCUT2D eigenvalue weighted by atomic mass is 19.1. The fraction of sp³-hybridized carbons (Fsp3) is 0.423. The molecule has 3 aliphatic rings. The highest BCUT2D eigenvalue weighted by Gasteiger charge is 2.62. The first-order valence-electron chi connectivity index (χ1n) is 12.0. The molecule has 1 aromatic carbocycles. The summed E-state index contributed by atoms with van der Waals surface area (Å²) in [5.74, 6) is 0.0435. The lowest BCUT2D eigenvalue weighted by atomic mass is 9.95. The van der Waals surface area contributed by atoms with E-state index in [4.69, 9.17) is 0 Å². The minimum Gasteiger partial charge on any atom is -0.368 e. The Balaban J connectivity index is 1.12. The summed E-state index contributed by atoms with van der Waals surface area (Å²) in [5.41, 5.74) is 2.36. The number of nitrogens with one attached hydrogen (secondary N) is 2. The normalized spacial score (nSPS) is 26.5. The number of nitrogens with zero attached hydrogens (tertiary/aromatic N) is 3. The van der Waals surface area contributed by atoms with Crippen LogP contribution in [0.3, 0.4) is 0 Å². The van der Waals surface area contributed by atoms with E-state index in [0.717, 1.165) is 62.2 Å². The van der Waals surface area contributed by atoms with Crippen LogP contribution < -0.4 is 15.8 Å². The van der Waals surface area contributed by atoms with Crippen molar-refractivity contribution in [2.24, 2.45) is 5.92 Å². The average Bonchev–Trinajstić information content (AvgIpc) is 3.44. The molecular formula is C26H28FN5O2. The summed E-state index contributed by atoms with van der Waals surface area (Å²) in [5, 5.41) is 3.83. The smallest absolute Gasteiger partial charge is 0.269 e. The number of aromatic amines is 1. The van der Waals surface area contributed by atoms with Crippen molar-refractivity contribution in [2.45, 2.75) is 30.7 Å². The highest BCUT2D eigenvalue weighted by molar-refractivity contribution is 5.92. The third-order valence-electron chi connectivity index (χ3n) is 8.14. The number of halogens is 1. The molecule has 2 aliphatic carbocycles. The van der Waals surface area contributed by atoms with E-state index in [1.807, 2.05) is 6.07 Å². The molecular weight excluding hydrogens is 433 g/mol. The van der Waals surface area contributed by atoms with Crippen molar-refractivity contribution in [3.05, 3.63) is 70.2 Å². The predicted molar refractivity (Wildman–Crippen MR) is 129 cm³/mol.